The second kappa shape index (κ2) is 5.04. The largest absolute Gasteiger partial charge is 0.481 e. The van der Waals surface area contributed by atoms with Crippen LogP contribution in [0.1, 0.15) is 32.1 Å². The van der Waals surface area contributed by atoms with Gasteiger partial charge in [0, 0.05) is 19.2 Å². The normalized spacial score (nSPS) is 32.3. The van der Waals surface area contributed by atoms with Gasteiger partial charge in [-0.15, -0.1) is 0 Å². The fourth-order valence-corrected chi connectivity index (χ4v) is 2.69. The first-order valence-corrected chi connectivity index (χ1v) is 6.29. The van der Waals surface area contributed by atoms with Crippen molar-refractivity contribution in [2.75, 3.05) is 13.2 Å². The number of piperidine rings is 1. The number of hydrogen-bond donors (Lipinski definition) is 2. The molecule has 0 aromatic rings. The molecule has 3 atom stereocenters. The smallest absolute Gasteiger partial charge is 0.307 e. The Kier molecular flexibility index (Phi) is 3.66. The SMILES string of the molecule is O=C(O)C1CC1C(=O)N1CCCCC1CCO. The van der Waals surface area contributed by atoms with E-state index in [1.165, 1.54) is 0 Å². The number of amides is 1. The number of carboxylic acid groups (broad SMARTS) is 1. The Hall–Kier alpha value is -1.10. The monoisotopic (exact) mass is 241 g/mol. The van der Waals surface area contributed by atoms with Crippen molar-refractivity contribution in [3.8, 4) is 0 Å². The number of aliphatic hydroxyl groups excluding tert-OH is 1. The van der Waals surface area contributed by atoms with Crippen molar-refractivity contribution in [1.82, 2.24) is 4.90 Å². The molecule has 2 fully saturated rings. The molecule has 2 aliphatic rings. The van der Waals surface area contributed by atoms with Gasteiger partial charge in [-0.05, 0) is 32.1 Å². The number of aliphatic hydroxyl groups is 1. The van der Waals surface area contributed by atoms with Gasteiger partial charge in [0.25, 0.3) is 0 Å². The van der Waals surface area contributed by atoms with Crippen LogP contribution >= 0.6 is 0 Å². The Balaban J connectivity index is 1.95. The third-order valence-corrected chi connectivity index (χ3v) is 3.80. The molecule has 5 nitrogen and oxygen atoms in total. The van der Waals surface area contributed by atoms with Crippen LogP contribution in [0.3, 0.4) is 0 Å². The second-order valence-corrected chi connectivity index (χ2v) is 4.98. The van der Waals surface area contributed by atoms with Crippen LogP contribution in [0, 0.1) is 11.8 Å². The van der Waals surface area contributed by atoms with Gasteiger partial charge in [-0.1, -0.05) is 0 Å². The summed E-state index contributed by atoms with van der Waals surface area (Å²) in [5.74, 6) is -1.67. The number of carbonyl (C=O) groups excluding carboxylic acids is 1. The third kappa shape index (κ3) is 2.60. The van der Waals surface area contributed by atoms with Crippen LogP contribution in [-0.2, 0) is 9.59 Å². The van der Waals surface area contributed by atoms with Crippen LogP contribution in [0.4, 0.5) is 0 Å². The average Bonchev–Trinajstić information content (AvgIpc) is 3.09. The van der Waals surface area contributed by atoms with E-state index in [2.05, 4.69) is 0 Å². The molecule has 1 amide bonds. The van der Waals surface area contributed by atoms with Gasteiger partial charge in [0.15, 0.2) is 0 Å². The summed E-state index contributed by atoms with van der Waals surface area (Å²) in [5, 5.41) is 17.8. The maximum Gasteiger partial charge on any atom is 0.307 e. The lowest BCUT2D eigenvalue weighted by Gasteiger charge is -2.35. The molecule has 1 aliphatic heterocycles. The van der Waals surface area contributed by atoms with Gasteiger partial charge in [0.1, 0.15) is 0 Å². The van der Waals surface area contributed by atoms with Crippen molar-refractivity contribution in [3.63, 3.8) is 0 Å². The van der Waals surface area contributed by atoms with Crippen molar-refractivity contribution in [2.45, 2.75) is 38.1 Å². The van der Waals surface area contributed by atoms with Gasteiger partial charge >= 0.3 is 5.97 Å². The Morgan fingerprint density at radius 3 is 2.59 bits per heavy atom. The van der Waals surface area contributed by atoms with E-state index in [1.54, 1.807) is 4.90 Å². The predicted octanol–water partition coefficient (Wildman–Crippen LogP) is 0.471. The molecular formula is C12H19NO4. The van der Waals surface area contributed by atoms with Crippen molar-refractivity contribution < 1.29 is 19.8 Å². The van der Waals surface area contributed by atoms with E-state index >= 15 is 0 Å². The van der Waals surface area contributed by atoms with E-state index in [0.717, 1.165) is 19.3 Å². The molecule has 17 heavy (non-hydrogen) atoms. The molecule has 1 saturated carbocycles. The predicted molar refractivity (Wildman–Crippen MR) is 60.3 cm³/mol. The highest BCUT2D eigenvalue weighted by molar-refractivity contribution is 5.89. The summed E-state index contributed by atoms with van der Waals surface area (Å²) in [4.78, 5) is 24.7. The van der Waals surface area contributed by atoms with Crippen LogP contribution in [0.25, 0.3) is 0 Å². The van der Waals surface area contributed by atoms with Gasteiger partial charge in [0.2, 0.25) is 5.91 Å². The highest BCUT2D eigenvalue weighted by Crippen LogP contribution is 2.41. The minimum Gasteiger partial charge on any atom is -0.481 e. The number of likely N-dealkylation sites (tertiary alicyclic amines) is 1. The second-order valence-electron chi connectivity index (χ2n) is 4.98. The number of hydrogen-bond acceptors (Lipinski definition) is 3. The molecule has 0 bridgehead atoms. The molecule has 1 aliphatic carbocycles. The number of nitrogens with zero attached hydrogens (tertiary/aromatic N) is 1. The summed E-state index contributed by atoms with van der Waals surface area (Å²) in [7, 11) is 0. The van der Waals surface area contributed by atoms with Crippen molar-refractivity contribution in [2.24, 2.45) is 11.8 Å². The number of carboxylic acids is 1. The Bertz CT molecular complexity index is 316. The maximum atomic E-state index is 12.1. The molecule has 0 radical (unpaired) electrons. The molecule has 2 N–H and O–H groups in total. The average molecular weight is 241 g/mol. The van der Waals surface area contributed by atoms with Crippen molar-refractivity contribution in [1.29, 1.82) is 0 Å². The summed E-state index contributed by atoms with van der Waals surface area (Å²) in [5.41, 5.74) is 0. The summed E-state index contributed by atoms with van der Waals surface area (Å²) < 4.78 is 0. The van der Waals surface area contributed by atoms with E-state index in [4.69, 9.17) is 10.2 Å². The molecule has 1 saturated heterocycles. The first-order chi connectivity index (χ1) is 8.15. The molecule has 0 spiro atoms. The lowest BCUT2D eigenvalue weighted by Crippen LogP contribution is -2.45. The van der Waals surface area contributed by atoms with Crippen LogP contribution < -0.4 is 0 Å². The zero-order valence-electron chi connectivity index (χ0n) is 9.84. The topological polar surface area (TPSA) is 77.8 Å². The van der Waals surface area contributed by atoms with E-state index < -0.39 is 11.9 Å². The Morgan fingerprint density at radius 2 is 2.00 bits per heavy atom. The molecule has 2 rings (SSSR count). The highest BCUT2D eigenvalue weighted by atomic mass is 16.4. The zero-order chi connectivity index (χ0) is 12.4. The lowest BCUT2D eigenvalue weighted by molar-refractivity contribution is -0.143. The minimum absolute atomic E-state index is 0.0180. The number of aliphatic carboxylic acids is 1. The molecule has 5 heteroatoms. The van der Waals surface area contributed by atoms with Crippen LogP contribution in [-0.4, -0.2) is 46.2 Å². The van der Waals surface area contributed by atoms with Crippen molar-refractivity contribution in [3.05, 3.63) is 0 Å². The summed E-state index contributed by atoms with van der Waals surface area (Å²) in [6.45, 7) is 0.799. The Morgan fingerprint density at radius 1 is 1.24 bits per heavy atom. The standard InChI is InChI=1S/C12H19NO4/c14-6-4-8-3-1-2-5-13(8)11(15)9-7-10(9)12(16)17/h8-10,14H,1-7H2,(H,16,17). The molecule has 1 heterocycles. The van der Waals surface area contributed by atoms with Gasteiger partial charge in [-0.2, -0.15) is 0 Å². The van der Waals surface area contributed by atoms with Gasteiger partial charge in [0.05, 0.1) is 11.8 Å². The maximum absolute atomic E-state index is 12.1. The molecular weight excluding hydrogens is 222 g/mol. The van der Waals surface area contributed by atoms with E-state index in [-0.39, 0.29) is 24.5 Å². The van der Waals surface area contributed by atoms with Gasteiger partial charge in [-0.25, -0.2) is 0 Å². The molecule has 3 unspecified atom stereocenters. The Labute approximate surface area is 100 Å². The molecule has 0 aromatic heterocycles. The molecule has 0 aromatic carbocycles. The number of carbonyl (C=O) groups is 2. The fourth-order valence-electron chi connectivity index (χ4n) is 2.69. The zero-order valence-corrected chi connectivity index (χ0v) is 9.84. The van der Waals surface area contributed by atoms with Gasteiger partial charge < -0.3 is 15.1 Å². The highest BCUT2D eigenvalue weighted by Gasteiger charge is 2.50. The summed E-state index contributed by atoms with van der Waals surface area (Å²) in [6.07, 6.45) is 4.09. The van der Waals surface area contributed by atoms with Crippen molar-refractivity contribution >= 4 is 11.9 Å². The van der Waals surface area contributed by atoms with Crippen LogP contribution in [0.2, 0.25) is 0 Å². The summed E-state index contributed by atoms with van der Waals surface area (Å²) >= 11 is 0. The quantitative estimate of drug-likeness (QED) is 0.750. The first-order valence-electron chi connectivity index (χ1n) is 6.29. The van der Waals surface area contributed by atoms with E-state index in [0.29, 0.717) is 19.4 Å². The third-order valence-electron chi connectivity index (χ3n) is 3.80. The first kappa shape index (κ1) is 12.4. The summed E-state index contributed by atoms with van der Waals surface area (Å²) in [6, 6.07) is 0.108. The van der Waals surface area contributed by atoms with Gasteiger partial charge in [-0.3, -0.25) is 9.59 Å². The van der Waals surface area contributed by atoms with E-state index in [1.807, 2.05) is 0 Å². The lowest BCUT2D eigenvalue weighted by atomic mass is 9.99. The van der Waals surface area contributed by atoms with Crippen LogP contribution in [0.5, 0.6) is 0 Å². The minimum atomic E-state index is -0.862. The van der Waals surface area contributed by atoms with Crippen LogP contribution in [0.15, 0.2) is 0 Å². The molecule has 96 valence electrons. The fraction of sp³-hybridized carbons (Fsp3) is 0.833. The van der Waals surface area contributed by atoms with E-state index in [9.17, 15) is 9.59 Å². The number of rotatable bonds is 4.